The van der Waals surface area contributed by atoms with Crippen LogP contribution in [0, 0.1) is 5.92 Å². The summed E-state index contributed by atoms with van der Waals surface area (Å²) >= 11 is 0. The molecule has 3 heteroatoms. The molecule has 0 radical (unpaired) electrons. The van der Waals surface area contributed by atoms with E-state index in [1.807, 2.05) is 19.2 Å². The van der Waals surface area contributed by atoms with Gasteiger partial charge in [-0.05, 0) is 37.6 Å². The van der Waals surface area contributed by atoms with Crippen LogP contribution in [-0.4, -0.2) is 25.4 Å². The van der Waals surface area contributed by atoms with E-state index in [0.717, 1.165) is 25.2 Å². The van der Waals surface area contributed by atoms with E-state index in [9.17, 15) is 5.11 Å². The van der Waals surface area contributed by atoms with Crippen LogP contribution < -0.4 is 5.32 Å². The van der Waals surface area contributed by atoms with Crippen molar-refractivity contribution >= 4 is 0 Å². The molecule has 0 bridgehead atoms. The monoisotopic (exact) mass is 221 g/mol. The van der Waals surface area contributed by atoms with E-state index < -0.39 is 0 Å². The molecule has 1 saturated heterocycles. The molecule has 1 aromatic rings. The lowest BCUT2D eigenvalue weighted by Gasteiger charge is -2.30. The second-order valence-electron chi connectivity index (χ2n) is 4.34. The van der Waals surface area contributed by atoms with Gasteiger partial charge in [0.2, 0.25) is 0 Å². The Balaban J connectivity index is 2.14. The largest absolute Gasteiger partial charge is 0.508 e. The summed E-state index contributed by atoms with van der Waals surface area (Å²) in [7, 11) is 1.96. The van der Waals surface area contributed by atoms with Crippen LogP contribution >= 0.6 is 0 Å². The SMILES string of the molecule is CNC(c1cccc(O)c1)C1CCCOC1. The highest BCUT2D eigenvalue weighted by Crippen LogP contribution is 2.29. The van der Waals surface area contributed by atoms with Gasteiger partial charge in [-0.15, -0.1) is 0 Å². The maximum atomic E-state index is 9.50. The Morgan fingerprint density at radius 3 is 3.00 bits per heavy atom. The van der Waals surface area contributed by atoms with Crippen molar-refractivity contribution < 1.29 is 9.84 Å². The van der Waals surface area contributed by atoms with Crippen LogP contribution in [0.3, 0.4) is 0 Å². The van der Waals surface area contributed by atoms with Gasteiger partial charge in [-0.3, -0.25) is 0 Å². The number of hydrogen-bond acceptors (Lipinski definition) is 3. The number of aromatic hydroxyl groups is 1. The number of ether oxygens (including phenoxy) is 1. The van der Waals surface area contributed by atoms with Crippen molar-refractivity contribution in [2.45, 2.75) is 18.9 Å². The summed E-state index contributed by atoms with van der Waals surface area (Å²) in [6.45, 7) is 1.69. The van der Waals surface area contributed by atoms with Crippen LogP contribution in [0.5, 0.6) is 5.75 Å². The van der Waals surface area contributed by atoms with Gasteiger partial charge in [-0.25, -0.2) is 0 Å². The van der Waals surface area contributed by atoms with E-state index in [2.05, 4.69) is 11.4 Å². The van der Waals surface area contributed by atoms with Crippen LogP contribution in [0.1, 0.15) is 24.4 Å². The Bertz CT molecular complexity index is 334. The number of rotatable bonds is 3. The lowest BCUT2D eigenvalue weighted by atomic mass is 9.89. The highest BCUT2D eigenvalue weighted by atomic mass is 16.5. The summed E-state index contributed by atoms with van der Waals surface area (Å²) in [6.07, 6.45) is 2.31. The third-order valence-electron chi connectivity index (χ3n) is 3.21. The van der Waals surface area contributed by atoms with Crippen LogP contribution in [0.2, 0.25) is 0 Å². The normalized spacial score (nSPS) is 22.9. The molecule has 0 amide bonds. The van der Waals surface area contributed by atoms with E-state index in [1.165, 1.54) is 6.42 Å². The maximum Gasteiger partial charge on any atom is 0.115 e. The van der Waals surface area contributed by atoms with Gasteiger partial charge in [0.25, 0.3) is 0 Å². The van der Waals surface area contributed by atoms with E-state index in [4.69, 9.17) is 4.74 Å². The van der Waals surface area contributed by atoms with E-state index in [1.54, 1.807) is 6.07 Å². The molecule has 1 heterocycles. The smallest absolute Gasteiger partial charge is 0.115 e. The predicted octanol–water partition coefficient (Wildman–Crippen LogP) is 2.08. The number of phenolic OH excluding ortho intramolecular Hbond substituents is 1. The van der Waals surface area contributed by atoms with Crippen molar-refractivity contribution in [1.29, 1.82) is 0 Å². The molecule has 1 fully saturated rings. The number of hydrogen-bond donors (Lipinski definition) is 2. The Labute approximate surface area is 96.4 Å². The van der Waals surface area contributed by atoms with Crippen molar-refractivity contribution in [2.24, 2.45) is 5.92 Å². The fourth-order valence-corrected chi connectivity index (χ4v) is 2.42. The topological polar surface area (TPSA) is 41.5 Å². The minimum Gasteiger partial charge on any atom is -0.508 e. The van der Waals surface area contributed by atoms with Gasteiger partial charge in [0, 0.05) is 18.6 Å². The molecule has 1 aromatic carbocycles. The molecular weight excluding hydrogens is 202 g/mol. The number of nitrogens with one attached hydrogen (secondary N) is 1. The van der Waals surface area contributed by atoms with Crippen molar-refractivity contribution in [3.8, 4) is 5.75 Å². The van der Waals surface area contributed by atoms with Crippen LogP contribution in [0.15, 0.2) is 24.3 Å². The molecule has 2 rings (SSSR count). The van der Waals surface area contributed by atoms with Crippen molar-refractivity contribution in [2.75, 3.05) is 20.3 Å². The minimum atomic E-state index is 0.271. The second-order valence-corrected chi connectivity index (χ2v) is 4.34. The first-order valence-corrected chi connectivity index (χ1v) is 5.85. The highest BCUT2D eigenvalue weighted by molar-refractivity contribution is 5.29. The van der Waals surface area contributed by atoms with Crippen molar-refractivity contribution in [1.82, 2.24) is 5.32 Å². The summed E-state index contributed by atoms with van der Waals surface area (Å²) in [4.78, 5) is 0. The average molecular weight is 221 g/mol. The van der Waals surface area contributed by atoms with Gasteiger partial charge < -0.3 is 15.2 Å². The van der Waals surface area contributed by atoms with Crippen molar-refractivity contribution in [3.63, 3.8) is 0 Å². The molecule has 2 unspecified atom stereocenters. The molecule has 2 atom stereocenters. The van der Waals surface area contributed by atoms with Gasteiger partial charge in [0.15, 0.2) is 0 Å². The standard InChI is InChI=1S/C13H19NO2/c1-14-13(11-5-3-7-16-9-11)10-4-2-6-12(15)8-10/h2,4,6,8,11,13-15H,3,5,7,9H2,1H3. The number of benzene rings is 1. The molecule has 88 valence electrons. The van der Waals surface area contributed by atoms with Crippen molar-refractivity contribution in [3.05, 3.63) is 29.8 Å². The first kappa shape index (κ1) is 11.4. The van der Waals surface area contributed by atoms with Gasteiger partial charge >= 0.3 is 0 Å². The summed E-state index contributed by atoms with van der Waals surface area (Å²) < 4.78 is 5.51. The molecule has 0 aromatic heterocycles. The maximum absolute atomic E-state index is 9.50. The lowest BCUT2D eigenvalue weighted by molar-refractivity contribution is 0.0401. The van der Waals surface area contributed by atoms with Gasteiger partial charge in [0.1, 0.15) is 5.75 Å². The molecule has 0 aliphatic carbocycles. The Kier molecular flexibility index (Phi) is 3.80. The number of phenols is 1. The molecule has 0 saturated carbocycles. The Morgan fingerprint density at radius 2 is 2.38 bits per heavy atom. The lowest BCUT2D eigenvalue weighted by Crippen LogP contribution is -2.31. The fraction of sp³-hybridized carbons (Fsp3) is 0.538. The van der Waals surface area contributed by atoms with Crippen LogP contribution in [0.4, 0.5) is 0 Å². The van der Waals surface area contributed by atoms with E-state index in [0.29, 0.717) is 11.7 Å². The summed E-state index contributed by atoms with van der Waals surface area (Å²) in [5.41, 5.74) is 1.14. The van der Waals surface area contributed by atoms with Gasteiger partial charge in [0.05, 0.1) is 6.61 Å². The van der Waals surface area contributed by atoms with Crippen LogP contribution in [0.25, 0.3) is 0 Å². The minimum absolute atomic E-state index is 0.271. The highest BCUT2D eigenvalue weighted by Gasteiger charge is 2.24. The molecule has 1 aliphatic heterocycles. The van der Waals surface area contributed by atoms with Crippen LogP contribution in [-0.2, 0) is 4.74 Å². The predicted molar refractivity (Wildman–Crippen MR) is 63.5 cm³/mol. The Morgan fingerprint density at radius 1 is 1.50 bits per heavy atom. The molecule has 0 spiro atoms. The van der Waals surface area contributed by atoms with Gasteiger partial charge in [-0.1, -0.05) is 12.1 Å². The zero-order chi connectivity index (χ0) is 11.4. The third kappa shape index (κ3) is 2.54. The average Bonchev–Trinajstić information content (AvgIpc) is 2.31. The summed E-state index contributed by atoms with van der Waals surface area (Å²) in [5.74, 6) is 0.829. The Hall–Kier alpha value is -1.06. The van der Waals surface area contributed by atoms with E-state index in [-0.39, 0.29) is 6.04 Å². The van der Waals surface area contributed by atoms with Gasteiger partial charge in [-0.2, -0.15) is 0 Å². The molecule has 16 heavy (non-hydrogen) atoms. The fourth-order valence-electron chi connectivity index (χ4n) is 2.42. The first-order chi connectivity index (χ1) is 7.81. The first-order valence-electron chi connectivity index (χ1n) is 5.85. The zero-order valence-electron chi connectivity index (χ0n) is 9.65. The molecule has 3 nitrogen and oxygen atoms in total. The second kappa shape index (κ2) is 5.32. The quantitative estimate of drug-likeness (QED) is 0.821. The van der Waals surface area contributed by atoms with E-state index >= 15 is 0 Å². The zero-order valence-corrected chi connectivity index (χ0v) is 9.65. The molecule has 2 N–H and O–H groups in total. The molecule has 1 aliphatic rings. The summed E-state index contributed by atoms with van der Waals surface area (Å²) in [5, 5.41) is 12.8. The third-order valence-corrected chi connectivity index (χ3v) is 3.21. The molecular formula is C13H19NO2. The summed E-state index contributed by atoms with van der Waals surface area (Å²) in [6, 6.07) is 7.74.